The van der Waals surface area contributed by atoms with Crippen molar-refractivity contribution in [2.45, 2.75) is 125 Å². The molecule has 0 saturated heterocycles. The first-order valence-corrected chi connectivity index (χ1v) is 13.8. The lowest BCUT2D eigenvalue weighted by molar-refractivity contribution is -0.161. The molecule has 2 spiro atoms. The molecule has 0 aromatic carbocycles. The third-order valence-corrected chi connectivity index (χ3v) is 13.0. The molecule has 9 atom stereocenters. The minimum absolute atomic E-state index is 0.0840. The summed E-state index contributed by atoms with van der Waals surface area (Å²) in [7, 11) is 0. The van der Waals surface area contributed by atoms with Gasteiger partial charge >= 0.3 is 0 Å². The predicted octanol–water partition coefficient (Wildman–Crippen LogP) is 8.17. The number of rotatable bonds is 4. The Bertz CT molecular complexity index is 760. The van der Waals surface area contributed by atoms with Crippen LogP contribution in [0.15, 0.2) is 11.6 Å². The van der Waals surface area contributed by atoms with Crippen LogP contribution in [0.3, 0.4) is 0 Å². The Kier molecular flexibility index (Phi) is 4.98. The fourth-order valence-corrected chi connectivity index (χ4v) is 11.1. The van der Waals surface area contributed by atoms with Crippen LogP contribution in [0.1, 0.15) is 119 Å². The van der Waals surface area contributed by atoms with E-state index in [1.165, 1.54) is 69.8 Å². The normalized spacial score (nSPS) is 52.9. The smallest absolute Gasteiger partial charge is 0.0594 e. The van der Waals surface area contributed by atoms with Crippen molar-refractivity contribution < 1.29 is 5.11 Å². The molecule has 0 amide bonds. The van der Waals surface area contributed by atoms with E-state index in [1.807, 2.05) is 0 Å². The molecule has 0 heterocycles. The zero-order valence-electron chi connectivity index (χ0n) is 21.7. The molecule has 0 radical (unpaired) electrons. The highest BCUT2D eigenvalue weighted by Crippen LogP contribution is 2.89. The Labute approximate surface area is 192 Å². The first kappa shape index (κ1) is 22.5. The van der Waals surface area contributed by atoms with E-state index in [-0.39, 0.29) is 11.5 Å². The van der Waals surface area contributed by atoms with Gasteiger partial charge in [-0.2, -0.15) is 0 Å². The van der Waals surface area contributed by atoms with E-state index in [0.717, 1.165) is 30.1 Å². The lowest BCUT2D eigenvalue weighted by Crippen LogP contribution is -2.57. The third kappa shape index (κ3) is 2.71. The summed E-state index contributed by atoms with van der Waals surface area (Å²) in [6, 6.07) is 0. The molecule has 0 aliphatic heterocycles. The van der Waals surface area contributed by atoms with Gasteiger partial charge in [-0.25, -0.2) is 0 Å². The van der Waals surface area contributed by atoms with Gasteiger partial charge in [-0.1, -0.05) is 46.3 Å². The second-order valence-electron chi connectivity index (χ2n) is 14.4. The highest BCUT2D eigenvalue weighted by Gasteiger charge is 2.82. The van der Waals surface area contributed by atoms with Crippen LogP contribution in [0.5, 0.6) is 0 Å². The molecule has 5 saturated carbocycles. The van der Waals surface area contributed by atoms with Crippen molar-refractivity contribution in [1.82, 2.24) is 0 Å². The number of allylic oxidation sites excluding steroid dienone is 2. The topological polar surface area (TPSA) is 20.2 Å². The van der Waals surface area contributed by atoms with E-state index < -0.39 is 0 Å². The maximum absolute atomic E-state index is 10.8. The van der Waals surface area contributed by atoms with Crippen molar-refractivity contribution in [3.63, 3.8) is 0 Å². The van der Waals surface area contributed by atoms with E-state index in [2.05, 4.69) is 54.5 Å². The number of aliphatic hydroxyl groups is 1. The van der Waals surface area contributed by atoms with Gasteiger partial charge in [0.05, 0.1) is 6.10 Å². The van der Waals surface area contributed by atoms with E-state index >= 15 is 0 Å². The molecular weight excluding hydrogens is 376 g/mol. The number of aliphatic hydroxyl groups excluding tert-OH is 1. The lowest BCUT2D eigenvalue weighted by Gasteiger charge is -2.63. The standard InChI is InChI=1S/C30H50O/c1-20(2)9-8-10-21(3)22-13-15-28(7)24-12-11-23-26(4,5)25(31)14-16-29(23)19-30(24,29)18-17-27(22,28)6/h9,21-25,31H,8,10-19H2,1-7H3/t21-,22?,23+,24+,25+,27-,28+,29+,30-/m1/s1. The monoisotopic (exact) mass is 426 g/mol. The second-order valence-corrected chi connectivity index (χ2v) is 14.4. The molecule has 31 heavy (non-hydrogen) atoms. The number of hydrogen-bond donors (Lipinski definition) is 1. The van der Waals surface area contributed by atoms with Gasteiger partial charge in [0.2, 0.25) is 0 Å². The fourth-order valence-electron chi connectivity index (χ4n) is 11.1. The summed E-state index contributed by atoms with van der Waals surface area (Å²) in [6.45, 7) is 17.3. The summed E-state index contributed by atoms with van der Waals surface area (Å²) in [5.74, 6) is 3.46. The van der Waals surface area contributed by atoms with Crippen molar-refractivity contribution in [2.24, 2.45) is 50.7 Å². The quantitative estimate of drug-likeness (QED) is 0.449. The molecule has 5 rings (SSSR count). The molecule has 5 fully saturated rings. The summed E-state index contributed by atoms with van der Waals surface area (Å²) in [6.07, 6.45) is 17.6. The van der Waals surface area contributed by atoms with Crippen LogP contribution in [0.25, 0.3) is 0 Å². The van der Waals surface area contributed by atoms with E-state index in [9.17, 15) is 5.11 Å². The maximum Gasteiger partial charge on any atom is 0.0594 e. The van der Waals surface area contributed by atoms with Gasteiger partial charge in [0.25, 0.3) is 0 Å². The Morgan fingerprint density at radius 3 is 2.26 bits per heavy atom. The molecule has 1 nitrogen and oxygen atoms in total. The molecule has 1 unspecified atom stereocenters. The molecule has 176 valence electrons. The molecular formula is C30H50O. The van der Waals surface area contributed by atoms with Crippen molar-refractivity contribution in [2.75, 3.05) is 0 Å². The zero-order valence-corrected chi connectivity index (χ0v) is 21.7. The zero-order chi connectivity index (χ0) is 22.4. The maximum atomic E-state index is 10.8. The molecule has 1 N–H and O–H groups in total. The number of hydrogen-bond acceptors (Lipinski definition) is 1. The van der Waals surface area contributed by atoms with Crippen molar-refractivity contribution in [1.29, 1.82) is 0 Å². The van der Waals surface area contributed by atoms with Gasteiger partial charge in [0.15, 0.2) is 0 Å². The Balaban J connectivity index is 1.41. The Hall–Kier alpha value is -0.300. The molecule has 0 aromatic heterocycles. The Morgan fingerprint density at radius 1 is 0.871 bits per heavy atom. The summed E-state index contributed by atoms with van der Waals surface area (Å²) in [5, 5.41) is 10.8. The molecule has 5 aliphatic rings. The molecule has 1 heteroatoms. The summed E-state index contributed by atoms with van der Waals surface area (Å²) < 4.78 is 0. The van der Waals surface area contributed by atoms with Crippen LogP contribution < -0.4 is 0 Å². The second kappa shape index (κ2) is 6.86. The van der Waals surface area contributed by atoms with E-state index in [0.29, 0.717) is 21.7 Å². The molecule has 0 aromatic rings. The number of fused-ring (bicyclic) bond motifs is 2. The van der Waals surface area contributed by atoms with Gasteiger partial charge in [-0.3, -0.25) is 0 Å². The predicted molar refractivity (Wildman–Crippen MR) is 131 cm³/mol. The van der Waals surface area contributed by atoms with Gasteiger partial charge in [-0.05, 0) is 135 Å². The summed E-state index contributed by atoms with van der Waals surface area (Å²) >= 11 is 0. The minimum Gasteiger partial charge on any atom is -0.393 e. The van der Waals surface area contributed by atoms with E-state index in [1.54, 1.807) is 0 Å². The van der Waals surface area contributed by atoms with Gasteiger partial charge in [0.1, 0.15) is 0 Å². The van der Waals surface area contributed by atoms with Crippen molar-refractivity contribution >= 4 is 0 Å². The molecule has 0 bridgehead atoms. The third-order valence-electron chi connectivity index (χ3n) is 13.0. The average Bonchev–Trinajstić information content (AvgIpc) is 3.27. The average molecular weight is 427 g/mol. The SMILES string of the molecule is CC(C)=CCC[C@@H](C)C1CC[C@@]2(C)[C@@H]3CC[C@H]4C(C)(C)[C@@H](O)CC[C@]45C[C@]35CC[C@]12C. The van der Waals surface area contributed by atoms with Crippen molar-refractivity contribution in [3.8, 4) is 0 Å². The summed E-state index contributed by atoms with van der Waals surface area (Å²) in [5.41, 5.74) is 3.87. The van der Waals surface area contributed by atoms with Crippen LogP contribution in [0, 0.1) is 50.7 Å². The van der Waals surface area contributed by atoms with Crippen molar-refractivity contribution in [3.05, 3.63) is 11.6 Å². The fraction of sp³-hybridized carbons (Fsp3) is 0.933. The first-order valence-electron chi connectivity index (χ1n) is 13.8. The van der Waals surface area contributed by atoms with E-state index in [4.69, 9.17) is 0 Å². The van der Waals surface area contributed by atoms with Crippen LogP contribution >= 0.6 is 0 Å². The largest absolute Gasteiger partial charge is 0.393 e. The van der Waals surface area contributed by atoms with Crippen LogP contribution in [0.2, 0.25) is 0 Å². The minimum atomic E-state index is -0.0840. The van der Waals surface area contributed by atoms with Gasteiger partial charge < -0.3 is 5.11 Å². The molecule has 5 aliphatic carbocycles. The Morgan fingerprint density at radius 2 is 1.55 bits per heavy atom. The van der Waals surface area contributed by atoms with Crippen LogP contribution in [0.4, 0.5) is 0 Å². The first-order chi connectivity index (χ1) is 14.4. The highest BCUT2D eigenvalue weighted by atomic mass is 16.3. The summed E-state index contributed by atoms with van der Waals surface area (Å²) in [4.78, 5) is 0. The van der Waals surface area contributed by atoms with Gasteiger partial charge in [-0.15, -0.1) is 0 Å². The van der Waals surface area contributed by atoms with Crippen LogP contribution in [-0.4, -0.2) is 11.2 Å². The lowest BCUT2D eigenvalue weighted by atomic mass is 9.41. The van der Waals surface area contributed by atoms with Gasteiger partial charge in [0, 0.05) is 0 Å². The van der Waals surface area contributed by atoms with Crippen LogP contribution in [-0.2, 0) is 0 Å². The highest BCUT2D eigenvalue weighted by molar-refractivity contribution is 5.30.